The number of hydrogen-bond donors (Lipinski definition) is 2. The van der Waals surface area contributed by atoms with Gasteiger partial charge in [-0.3, -0.25) is 0 Å². The first kappa shape index (κ1) is 20.1. The summed E-state index contributed by atoms with van der Waals surface area (Å²) in [6.45, 7) is 1.49. The zero-order chi connectivity index (χ0) is 21.3. The molecule has 30 heavy (non-hydrogen) atoms. The minimum Gasteiger partial charge on any atom is -0.383 e. The lowest BCUT2D eigenvalue weighted by Crippen LogP contribution is -2.21. The van der Waals surface area contributed by atoms with Crippen LogP contribution in [-0.2, 0) is 0 Å². The van der Waals surface area contributed by atoms with Crippen LogP contribution in [0.3, 0.4) is 0 Å². The minimum atomic E-state index is -0.333. The quantitative estimate of drug-likeness (QED) is 0.488. The number of nitrogens with zero attached hydrogens (tertiary/aromatic N) is 5. The first-order chi connectivity index (χ1) is 14.4. The molecule has 154 valence electrons. The highest BCUT2D eigenvalue weighted by molar-refractivity contribution is 6.30. The van der Waals surface area contributed by atoms with Gasteiger partial charge in [-0.2, -0.15) is 4.98 Å². The normalized spacial score (nSPS) is 11.4. The lowest BCUT2D eigenvalue weighted by Gasteiger charge is -2.11. The molecule has 0 aliphatic rings. The summed E-state index contributed by atoms with van der Waals surface area (Å²) in [4.78, 5) is 11.3. The van der Waals surface area contributed by atoms with E-state index in [1.807, 2.05) is 32.3 Å². The third kappa shape index (κ3) is 4.05. The Hall–Kier alpha value is -3.23. The first-order valence-electron chi connectivity index (χ1n) is 9.39. The Kier molecular flexibility index (Phi) is 5.52. The van der Waals surface area contributed by atoms with Gasteiger partial charge in [0, 0.05) is 23.7 Å². The van der Waals surface area contributed by atoms with Crippen molar-refractivity contribution in [2.24, 2.45) is 0 Å². The van der Waals surface area contributed by atoms with Crippen molar-refractivity contribution in [1.29, 1.82) is 0 Å². The van der Waals surface area contributed by atoms with Crippen LogP contribution in [0.5, 0.6) is 0 Å². The number of likely N-dealkylation sites (N-methyl/N-ethyl adjacent to an activating group) is 1. The molecule has 2 aromatic carbocycles. The summed E-state index contributed by atoms with van der Waals surface area (Å²) in [6, 6.07) is 13.3. The second kappa shape index (κ2) is 8.25. The molecule has 9 heteroatoms. The standard InChI is InChI=1S/C21H21ClFN7/c1-29(2)11-10-25-21-26-18(13-4-3-5-14(22)12-13)17-19(24)30(28-20(17)27-21)16-8-6-15(23)7-9-16/h3-9,12H,10-11,24H2,1-2H3,(H,25,27,28). The summed E-state index contributed by atoms with van der Waals surface area (Å²) < 4.78 is 14.9. The molecule has 0 bridgehead atoms. The smallest absolute Gasteiger partial charge is 0.225 e. The van der Waals surface area contributed by atoms with Gasteiger partial charge >= 0.3 is 0 Å². The van der Waals surface area contributed by atoms with E-state index in [2.05, 4.69) is 20.3 Å². The second-order valence-corrected chi connectivity index (χ2v) is 7.54. The number of benzene rings is 2. The summed E-state index contributed by atoms with van der Waals surface area (Å²) in [5.41, 5.74) is 8.94. The van der Waals surface area contributed by atoms with Crippen molar-refractivity contribution >= 4 is 34.4 Å². The van der Waals surface area contributed by atoms with Gasteiger partial charge in [0.1, 0.15) is 11.6 Å². The molecule has 7 nitrogen and oxygen atoms in total. The Morgan fingerprint density at radius 1 is 1.13 bits per heavy atom. The summed E-state index contributed by atoms with van der Waals surface area (Å²) in [6.07, 6.45) is 0. The van der Waals surface area contributed by atoms with Crippen LogP contribution in [0.15, 0.2) is 48.5 Å². The van der Waals surface area contributed by atoms with Crippen molar-refractivity contribution in [2.75, 3.05) is 38.2 Å². The maximum Gasteiger partial charge on any atom is 0.225 e. The van der Waals surface area contributed by atoms with Crippen LogP contribution in [0.25, 0.3) is 28.0 Å². The van der Waals surface area contributed by atoms with Gasteiger partial charge in [0.25, 0.3) is 0 Å². The third-order valence-corrected chi connectivity index (χ3v) is 4.82. The van der Waals surface area contributed by atoms with Crippen LogP contribution >= 0.6 is 11.6 Å². The molecule has 0 amide bonds. The van der Waals surface area contributed by atoms with Gasteiger partial charge < -0.3 is 16.0 Å². The van der Waals surface area contributed by atoms with Crippen LogP contribution in [0, 0.1) is 5.82 Å². The molecule has 4 rings (SSSR count). The molecule has 0 spiro atoms. The fourth-order valence-electron chi connectivity index (χ4n) is 3.11. The summed E-state index contributed by atoms with van der Waals surface area (Å²) in [5.74, 6) is 0.482. The second-order valence-electron chi connectivity index (χ2n) is 7.11. The monoisotopic (exact) mass is 425 g/mol. The van der Waals surface area contributed by atoms with E-state index in [1.165, 1.54) is 16.8 Å². The fourth-order valence-corrected chi connectivity index (χ4v) is 3.30. The molecule has 4 aromatic rings. The van der Waals surface area contributed by atoms with Gasteiger partial charge in [0.2, 0.25) is 5.95 Å². The van der Waals surface area contributed by atoms with E-state index in [1.54, 1.807) is 18.2 Å². The zero-order valence-corrected chi connectivity index (χ0v) is 17.4. The van der Waals surface area contributed by atoms with E-state index in [-0.39, 0.29) is 5.82 Å². The van der Waals surface area contributed by atoms with E-state index >= 15 is 0 Å². The van der Waals surface area contributed by atoms with Gasteiger partial charge in [0.15, 0.2) is 5.65 Å². The fraction of sp³-hybridized carbons (Fsp3) is 0.190. The molecule has 0 aliphatic carbocycles. The highest BCUT2D eigenvalue weighted by atomic mass is 35.5. The Morgan fingerprint density at radius 2 is 1.90 bits per heavy atom. The van der Waals surface area contributed by atoms with Crippen LogP contribution < -0.4 is 11.1 Å². The average molecular weight is 426 g/mol. The molecular weight excluding hydrogens is 405 g/mol. The highest BCUT2D eigenvalue weighted by Gasteiger charge is 2.19. The lowest BCUT2D eigenvalue weighted by atomic mass is 10.1. The Morgan fingerprint density at radius 3 is 2.60 bits per heavy atom. The zero-order valence-electron chi connectivity index (χ0n) is 16.6. The number of anilines is 2. The number of halogens is 2. The van der Waals surface area contributed by atoms with Crippen LogP contribution in [0.2, 0.25) is 5.02 Å². The van der Waals surface area contributed by atoms with E-state index in [9.17, 15) is 4.39 Å². The number of fused-ring (bicyclic) bond motifs is 1. The van der Waals surface area contributed by atoms with Crippen molar-refractivity contribution in [3.63, 3.8) is 0 Å². The lowest BCUT2D eigenvalue weighted by molar-refractivity contribution is 0.425. The molecule has 0 unspecified atom stereocenters. The summed E-state index contributed by atoms with van der Waals surface area (Å²) in [7, 11) is 3.99. The van der Waals surface area contributed by atoms with Crippen molar-refractivity contribution in [1.82, 2.24) is 24.6 Å². The molecule has 0 saturated heterocycles. The van der Waals surface area contributed by atoms with Crippen LogP contribution in [-0.4, -0.2) is 51.8 Å². The van der Waals surface area contributed by atoms with Gasteiger partial charge in [-0.1, -0.05) is 23.7 Å². The van der Waals surface area contributed by atoms with Crippen molar-refractivity contribution < 1.29 is 4.39 Å². The molecule has 0 aliphatic heterocycles. The van der Waals surface area contributed by atoms with Gasteiger partial charge in [-0.05, 0) is 50.5 Å². The van der Waals surface area contributed by atoms with E-state index in [0.29, 0.717) is 45.7 Å². The molecule has 2 aromatic heterocycles. The molecule has 2 heterocycles. The first-order valence-corrected chi connectivity index (χ1v) is 9.77. The van der Waals surface area contributed by atoms with Crippen molar-refractivity contribution in [2.45, 2.75) is 0 Å². The minimum absolute atomic E-state index is 0.333. The predicted molar refractivity (Wildman–Crippen MR) is 119 cm³/mol. The third-order valence-electron chi connectivity index (χ3n) is 4.58. The Balaban J connectivity index is 1.87. The average Bonchev–Trinajstić information content (AvgIpc) is 3.04. The van der Waals surface area contributed by atoms with Crippen LogP contribution in [0.1, 0.15) is 0 Å². The van der Waals surface area contributed by atoms with E-state index in [4.69, 9.17) is 22.3 Å². The number of nitrogens with two attached hydrogens (primary N) is 1. The maximum absolute atomic E-state index is 13.4. The molecule has 3 N–H and O–H groups in total. The largest absolute Gasteiger partial charge is 0.383 e. The topological polar surface area (TPSA) is 84.9 Å². The Labute approximate surface area is 178 Å². The highest BCUT2D eigenvalue weighted by Crippen LogP contribution is 2.33. The molecule has 0 radical (unpaired) electrons. The van der Waals surface area contributed by atoms with Crippen molar-refractivity contribution in [3.8, 4) is 16.9 Å². The Bertz CT molecular complexity index is 1190. The summed E-state index contributed by atoms with van der Waals surface area (Å²) >= 11 is 6.21. The molecule has 0 fully saturated rings. The predicted octanol–water partition coefficient (Wildman–Crippen LogP) is 3.83. The van der Waals surface area contributed by atoms with Gasteiger partial charge in [-0.25, -0.2) is 14.1 Å². The van der Waals surface area contributed by atoms with Gasteiger partial charge in [0.05, 0.1) is 16.8 Å². The van der Waals surface area contributed by atoms with E-state index < -0.39 is 0 Å². The number of hydrogen-bond acceptors (Lipinski definition) is 6. The number of nitrogens with one attached hydrogen (secondary N) is 1. The number of nitrogen functional groups attached to an aromatic ring is 1. The maximum atomic E-state index is 13.4. The number of rotatable bonds is 6. The SMILES string of the molecule is CN(C)CCNc1nc(-c2cccc(Cl)c2)c2c(N)n(-c3ccc(F)cc3)nc2n1. The molecule has 0 atom stereocenters. The molecular formula is C21H21ClFN7. The van der Waals surface area contributed by atoms with Gasteiger partial charge in [-0.15, -0.1) is 5.10 Å². The van der Waals surface area contributed by atoms with E-state index in [0.717, 1.165) is 12.1 Å². The molecule has 0 saturated carbocycles. The summed E-state index contributed by atoms with van der Waals surface area (Å²) in [5, 5.41) is 8.99. The number of aromatic nitrogens is 4. The van der Waals surface area contributed by atoms with Crippen LogP contribution in [0.4, 0.5) is 16.2 Å². The van der Waals surface area contributed by atoms with Crippen molar-refractivity contribution in [3.05, 3.63) is 59.4 Å².